The highest BCUT2D eigenvalue weighted by molar-refractivity contribution is 7.27. The fourth-order valence-electron chi connectivity index (χ4n) is 3.40. The minimum atomic E-state index is -0.718. The zero-order valence-electron chi connectivity index (χ0n) is 15.6. The molecule has 4 rings (SSSR count). The molecule has 0 saturated carbocycles. The zero-order chi connectivity index (χ0) is 19.6. The van der Waals surface area contributed by atoms with Crippen molar-refractivity contribution < 1.29 is 9.47 Å². The van der Waals surface area contributed by atoms with Gasteiger partial charge in [0.15, 0.2) is 5.54 Å². The molecule has 0 aromatic heterocycles. The van der Waals surface area contributed by atoms with E-state index < -0.39 is 5.54 Å². The number of aliphatic imine (C=N–C) groups is 1. The van der Waals surface area contributed by atoms with Gasteiger partial charge < -0.3 is 20.5 Å². The quantitative estimate of drug-likeness (QED) is 0.653. The molecule has 2 atom stereocenters. The van der Waals surface area contributed by atoms with Crippen LogP contribution in [0.2, 0.25) is 0 Å². The lowest BCUT2D eigenvalue weighted by atomic mass is 9.84. The first kappa shape index (κ1) is 18.3. The molecule has 0 spiro atoms. The van der Waals surface area contributed by atoms with Crippen LogP contribution in [-0.2, 0) is 10.3 Å². The van der Waals surface area contributed by atoms with Crippen LogP contribution in [0.15, 0.2) is 77.8 Å². The van der Waals surface area contributed by atoms with E-state index >= 15 is 0 Å². The highest BCUT2D eigenvalue weighted by Crippen LogP contribution is 2.39. The van der Waals surface area contributed by atoms with E-state index in [1.54, 1.807) is 7.11 Å². The Labute approximate surface area is 166 Å². The largest absolute Gasteiger partial charge is 0.496 e. The highest BCUT2D eigenvalue weighted by Gasteiger charge is 2.40. The van der Waals surface area contributed by atoms with E-state index in [9.17, 15) is 0 Å². The summed E-state index contributed by atoms with van der Waals surface area (Å²) >= 11 is 0. The van der Waals surface area contributed by atoms with E-state index in [2.05, 4.69) is 20.6 Å². The van der Waals surface area contributed by atoms with Gasteiger partial charge in [0.2, 0.25) is 0 Å². The molecule has 3 aromatic carbocycles. The third-order valence-corrected chi connectivity index (χ3v) is 5.32. The lowest BCUT2D eigenvalue weighted by Gasteiger charge is -2.26. The molecule has 2 unspecified atom stereocenters. The fraction of sp³-hybridized carbons (Fsp3) is 0.136. The average Bonchev–Trinajstić information content (AvgIpc) is 3.12. The van der Waals surface area contributed by atoms with Gasteiger partial charge in [-0.2, -0.15) is 0 Å². The second kappa shape index (κ2) is 7.53. The van der Waals surface area contributed by atoms with E-state index in [4.69, 9.17) is 20.2 Å². The monoisotopic (exact) mass is 391 g/mol. The van der Waals surface area contributed by atoms with E-state index in [1.807, 2.05) is 66.7 Å². The van der Waals surface area contributed by atoms with Gasteiger partial charge in [0.1, 0.15) is 12.4 Å². The van der Waals surface area contributed by atoms with Crippen LogP contribution in [0.1, 0.15) is 11.1 Å². The molecule has 6 heteroatoms. The lowest BCUT2D eigenvalue weighted by molar-refractivity contribution is 0.278. The lowest BCUT2D eigenvalue weighted by Crippen LogP contribution is -2.27. The second-order valence-electron chi connectivity index (χ2n) is 6.63. The molecule has 28 heavy (non-hydrogen) atoms. The number of rotatable bonds is 5. The van der Waals surface area contributed by atoms with Crippen molar-refractivity contribution in [1.82, 2.24) is 0 Å². The van der Waals surface area contributed by atoms with Gasteiger partial charge in [-0.15, -0.1) is 9.24 Å². The molecule has 142 valence electrons. The van der Waals surface area contributed by atoms with Crippen molar-refractivity contribution in [3.05, 3.63) is 83.9 Å². The summed E-state index contributed by atoms with van der Waals surface area (Å²) in [6.07, 6.45) is 0. The van der Waals surface area contributed by atoms with E-state index in [1.165, 1.54) is 0 Å². The maximum atomic E-state index is 5.92. The van der Waals surface area contributed by atoms with E-state index in [-0.39, 0.29) is 6.02 Å². The van der Waals surface area contributed by atoms with Crippen LogP contribution in [-0.4, -0.2) is 19.7 Å². The molecule has 3 aromatic rings. The minimum Gasteiger partial charge on any atom is -0.496 e. The van der Waals surface area contributed by atoms with E-state index in [0.717, 1.165) is 33.6 Å². The third kappa shape index (κ3) is 3.41. The Kier molecular flexibility index (Phi) is 4.93. The Bertz CT molecular complexity index is 1020. The fourth-order valence-corrected chi connectivity index (χ4v) is 3.70. The maximum absolute atomic E-state index is 5.92. The minimum absolute atomic E-state index is 0.190. The normalized spacial score (nSPS) is 18.3. The van der Waals surface area contributed by atoms with Crippen molar-refractivity contribution in [1.29, 1.82) is 0 Å². The third-order valence-electron chi connectivity index (χ3n) is 4.84. The molecule has 1 aliphatic heterocycles. The van der Waals surface area contributed by atoms with Gasteiger partial charge in [-0.25, -0.2) is 4.99 Å². The van der Waals surface area contributed by atoms with Crippen LogP contribution in [0, 0.1) is 0 Å². The number of ether oxygens (including phenoxy) is 2. The van der Waals surface area contributed by atoms with Crippen molar-refractivity contribution in [2.24, 2.45) is 10.7 Å². The molecule has 1 heterocycles. The van der Waals surface area contributed by atoms with Crippen molar-refractivity contribution >= 4 is 31.9 Å². The number of nitrogens with two attached hydrogens (primary N) is 1. The SMILES string of the molecule is COc1cc(C2(c3cccc(Nc4ccccc4)c3)COC(N)=N2)ccc1P. The molecule has 0 aliphatic carbocycles. The van der Waals surface area contributed by atoms with Gasteiger partial charge in [-0.1, -0.05) is 42.5 Å². The molecule has 0 amide bonds. The van der Waals surface area contributed by atoms with Crippen LogP contribution in [0.5, 0.6) is 5.75 Å². The number of para-hydroxylation sites is 1. The summed E-state index contributed by atoms with van der Waals surface area (Å²) in [4.78, 5) is 4.70. The van der Waals surface area contributed by atoms with Crippen molar-refractivity contribution in [3.8, 4) is 5.75 Å². The summed E-state index contributed by atoms with van der Waals surface area (Å²) in [5, 5.41) is 4.41. The number of anilines is 2. The van der Waals surface area contributed by atoms with Crippen LogP contribution in [0.3, 0.4) is 0 Å². The van der Waals surface area contributed by atoms with Gasteiger partial charge in [0.25, 0.3) is 6.02 Å². The van der Waals surface area contributed by atoms with Crippen molar-refractivity contribution in [2.75, 3.05) is 19.0 Å². The standard InChI is InChI=1S/C22H22N3O2P/c1-26-19-13-16(10-11-20(19)28)22(14-27-21(23)25-22)15-6-5-9-18(12-15)24-17-7-3-2-4-8-17/h2-13,24H,14,28H2,1H3,(H2,23,25). The van der Waals surface area contributed by atoms with Gasteiger partial charge in [-0.3, -0.25) is 0 Å². The Balaban J connectivity index is 1.78. The summed E-state index contributed by atoms with van der Waals surface area (Å²) < 4.78 is 11.1. The first-order valence-electron chi connectivity index (χ1n) is 8.95. The number of benzene rings is 3. The topological polar surface area (TPSA) is 68.9 Å². The Morgan fingerprint density at radius 3 is 2.46 bits per heavy atom. The predicted octanol–water partition coefficient (Wildman–Crippen LogP) is 3.53. The molecule has 0 saturated heterocycles. The summed E-state index contributed by atoms with van der Waals surface area (Å²) in [7, 11) is 4.34. The molecule has 1 aliphatic rings. The molecular weight excluding hydrogens is 369 g/mol. The smallest absolute Gasteiger partial charge is 0.283 e. The summed E-state index contributed by atoms with van der Waals surface area (Å²) in [6, 6.07) is 24.4. The molecule has 0 bridgehead atoms. The number of nitrogens with zero attached hydrogens (tertiary/aromatic N) is 1. The average molecular weight is 391 g/mol. The summed E-state index contributed by atoms with van der Waals surface area (Å²) in [5.41, 5.74) is 9.16. The first-order chi connectivity index (χ1) is 13.6. The Hall–Kier alpha value is -3.04. The van der Waals surface area contributed by atoms with Crippen molar-refractivity contribution in [2.45, 2.75) is 5.54 Å². The van der Waals surface area contributed by atoms with Crippen LogP contribution in [0.4, 0.5) is 11.4 Å². The molecule has 0 fully saturated rings. The van der Waals surface area contributed by atoms with Crippen LogP contribution >= 0.6 is 9.24 Å². The summed E-state index contributed by atoms with van der Waals surface area (Å²) in [6.45, 7) is 0.340. The number of nitrogens with one attached hydrogen (secondary N) is 1. The number of amidine groups is 1. The first-order valence-corrected chi connectivity index (χ1v) is 9.53. The summed E-state index contributed by atoms with van der Waals surface area (Å²) in [5.74, 6) is 0.779. The highest BCUT2D eigenvalue weighted by atomic mass is 31.0. The molecule has 3 N–H and O–H groups in total. The van der Waals surface area contributed by atoms with E-state index in [0.29, 0.717) is 6.61 Å². The number of hydrogen-bond acceptors (Lipinski definition) is 5. The Morgan fingerprint density at radius 1 is 1.00 bits per heavy atom. The van der Waals surface area contributed by atoms with Gasteiger partial charge in [-0.05, 0) is 41.5 Å². The van der Waals surface area contributed by atoms with Crippen molar-refractivity contribution in [3.63, 3.8) is 0 Å². The maximum Gasteiger partial charge on any atom is 0.283 e. The molecule has 5 nitrogen and oxygen atoms in total. The van der Waals surface area contributed by atoms with Crippen LogP contribution < -0.4 is 21.1 Å². The Morgan fingerprint density at radius 2 is 1.75 bits per heavy atom. The zero-order valence-corrected chi connectivity index (χ0v) is 16.7. The van der Waals surface area contributed by atoms with Gasteiger partial charge >= 0.3 is 0 Å². The van der Waals surface area contributed by atoms with Gasteiger partial charge in [0.05, 0.1) is 7.11 Å². The second-order valence-corrected chi connectivity index (χ2v) is 7.25. The number of hydrogen-bond donors (Lipinski definition) is 2. The van der Waals surface area contributed by atoms with Crippen LogP contribution in [0.25, 0.3) is 0 Å². The number of methoxy groups -OCH3 is 1. The van der Waals surface area contributed by atoms with Gasteiger partial charge in [0, 0.05) is 16.7 Å². The molecule has 0 radical (unpaired) electrons. The predicted molar refractivity (Wildman–Crippen MR) is 117 cm³/mol. The molecular formula is C22H22N3O2P.